The fourth-order valence-electron chi connectivity index (χ4n) is 1.89. The Kier molecular flexibility index (Phi) is 5.81. The molecule has 0 aliphatic rings. The van der Waals surface area contributed by atoms with Crippen LogP contribution in [0.25, 0.3) is 0 Å². The summed E-state index contributed by atoms with van der Waals surface area (Å²) >= 11 is 0. The summed E-state index contributed by atoms with van der Waals surface area (Å²) in [6, 6.07) is 8.80. The third-order valence-electron chi connectivity index (χ3n) is 2.85. The number of hydrogen-bond acceptors (Lipinski definition) is 4. The van der Waals surface area contributed by atoms with E-state index in [-0.39, 0.29) is 0 Å². The number of amides is 2. The minimum Gasteiger partial charge on any atom is -0.443 e. The van der Waals surface area contributed by atoms with Crippen LogP contribution >= 0.6 is 0 Å². The molecule has 0 saturated heterocycles. The number of carbonyl (C=O) groups is 2. The lowest BCUT2D eigenvalue weighted by atomic mass is 10.1. The van der Waals surface area contributed by atoms with Crippen LogP contribution in [0.5, 0.6) is 0 Å². The van der Waals surface area contributed by atoms with Crippen LogP contribution in [-0.4, -0.2) is 28.3 Å². The Morgan fingerprint density at radius 3 is 1.61 bits per heavy atom. The van der Waals surface area contributed by atoms with E-state index < -0.39 is 29.4 Å². The average Bonchev–Trinajstić information content (AvgIpc) is 2.35. The maximum Gasteiger partial charge on any atom is 0.420 e. The molecule has 0 spiro atoms. The Bertz CT molecular complexity index is 512. The topological polar surface area (TPSA) is 55.8 Å². The van der Waals surface area contributed by atoms with Crippen LogP contribution in [0.1, 0.15) is 60.1 Å². The minimum absolute atomic E-state index is 0.499. The van der Waals surface area contributed by atoms with Crippen LogP contribution in [0.15, 0.2) is 30.3 Å². The first kappa shape index (κ1) is 19.0. The number of benzene rings is 1. The van der Waals surface area contributed by atoms with E-state index in [1.54, 1.807) is 48.5 Å². The number of ether oxygens (including phenoxy) is 2. The molecule has 2 amide bonds. The molecule has 5 heteroatoms. The average molecular weight is 321 g/mol. The molecule has 1 rings (SSSR count). The predicted molar refractivity (Wildman–Crippen MR) is 89.2 cm³/mol. The molecule has 0 bridgehead atoms. The standard InChI is InChI=1S/C18H27NO4/c1-13(14-11-9-8-10-12-14)19(15(20)22-17(2,3)4)16(21)23-18(5,6)7/h8-13H,1-7H3. The largest absolute Gasteiger partial charge is 0.443 e. The molecule has 0 fully saturated rings. The van der Waals surface area contributed by atoms with Crippen molar-refractivity contribution >= 4 is 12.2 Å². The molecule has 1 unspecified atom stereocenters. The number of nitrogens with zero attached hydrogens (tertiary/aromatic N) is 1. The van der Waals surface area contributed by atoms with Gasteiger partial charge in [0.25, 0.3) is 0 Å². The van der Waals surface area contributed by atoms with Gasteiger partial charge >= 0.3 is 12.2 Å². The van der Waals surface area contributed by atoms with Crippen LogP contribution in [0.4, 0.5) is 9.59 Å². The molecule has 0 aliphatic heterocycles. The number of carbonyl (C=O) groups excluding carboxylic acids is 2. The molecule has 5 nitrogen and oxygen atoms in total. The predicted octanol–water partition coefficient (Wildman–Crippen LogP) is 4.92. The zero-order valence-electron chi connectivity index (χ0n) is 15.0. The van der Waals surface area contributed by atoms with E-state index in [1.807, 2.05) is 30.3 Å². The van der Waals surface area contributed by atoms with Gasteiger partial charge in [-0.05, 0) is 54.0 Å². The fourth-order valence-corrected chi connectivity index (χ4v) is 1.89. The summed E-state index contributed by atoms with van der Waals surface area (Å²) in [4.78, 5) is 26.0. The quantitative estimate of drug-likeness (QED) is 0.776. The van der Waals surface area contributed by atoms with Crippen molar-refractivity contribution in [1.82, 2.24) is 4.90 Å². The normalized spacial score (nSPS) is 13.2. The minimum atomic E-state index is -0.719. The van der Waals surface area contributed by atoms with E-state index in [9.17, 15) is 9.59 Å². The van der Waals surface area contributed by atoms with Crippen molar-refractivity contribution < 1.29 is 19.1 Å². The summed E-state index contributed by atoms with van der Waals surface area (Å²) in [5.74, 6) is 0. The van der Waals surface area contributed by atoms with E-state index in [0.29, 0.717) is 0 Å². The zero-order valence-corrected chi connectivity index (χ0v) is 15.0. The highest BCUT2D eigenvalue weighted by molar-refractivity contribution is 5.88. The summed E-state index contributed by atoms with van der Waals surface area (Å²) in [7, 11) is 0. The van der Waals surface area contributed by atoms with Crippen molar-refractivity contribution in [3.8, 4) is 0 Å². The number of imide groups is 1. The summed E-state index contributed by atoms with van der Waals surface area (Å²) in [5.41, 5.74) is -0.578. The second-order valence-corrected chi connectivity index (χ2v) is 7.42. The Hall–Kier alpha value is -2.04. The van der Waals surface area contributed by atoms with Gasteiger partial charge in [-0.2, -0.15) is 0 Å². The van der Waals surface area contributed by atoms with Crippen molar-refractivity contribution in [1.29, 1.82) is 0 Å². The first-order chi connectivity index (χ1) is 10.4. The highest BCUT2D eigenvalue weighted by Crippen LogP contribution is 2.25. The van der Waals surface area contributed by atoms with E-state index >= 15 is 0 Å². The van der Waals surface area contributed by atoms with Crippen LogP contribution < -0.4 is 0 Å². The Balaban J connectivity index is 3.10. The highest BCUT2D eigenvalue weighted by atomic mass is 16.6. The van der Waals surface area contributed by atoms with E-state index in [2.05, 4.69) is 0 Å². The van der Waals surface area contributed by atoms with Gasteiger partial charge in [0, 0.05) is 0 Å². The lowest BCUT2D eigenvalue weighted by Gasteiger charge is -2.32. The molecule has 0 saturated carbocycles. The first-order valence-electron chi connectivity index (χ1n) is 7.71. The van der Waals surface area contributed by atoms with Gasteiger partial charge in [-0.3, -0.25) is 0 Å². The molecule has 1 atom stereocenters. The molecule has 0 radical (unpaired) electrons. The summed E-state index contributed by atoms with van der Waals surface area (Å²) < 4.78 is 10.7. The Labute approximate surface area is 138 Å². The Morgan fingerprint density at radius 1 is 0.870 bits per heavy atom. The molecule has 0 aliphatic carbocycles. The van der Waals surface area contributed by atoms with Gasteiger partial charge < -0.3 is 9.47 Å². The van der Waals surface area contributed by atoms with Crippen LogP contribution in [0.3, 0.4) is 0 Å². The molecule has 128 valence electrons. The fraction of sp³-hybridized carbons (Fsp3) is 0.556. The number of rotatable bonds is 2. The van der Waals surface area contributed by atoms with Crippen molar-refractivity contribution in [3.63, 3.8) is 0 Å². The maximum absolute atomic E-state index is 12.5. The van der Waals surface area contributed by atoms with Gasteiger partial charge in [0.2, 0.25) is 0 Å². The molecule has 23 heavy (non-hydrogen) atoms. The van der Waals surface area contributed by atoms with Crippen molar-refractivity contribution in [2.45, 2.75) is 65.7 Å². The van der Waals surface area contributed by atoms with Crippen molar-refractivity contribution in [2.24, 2.45) is 0 Å². The second kappa shape index (κ2) is 7.02. The van der Waals surface area contributed by atoms with Crippen molar-refractivity contribution in [2.75, 3.05) is 0 Å². The second-order valence-electron chi connectivity index (χ2n) is 7.42. The smallest absolute Gasteiger partial charge is 0.420 e. The van der Waals surface area contributed by atoms with Crippen LogP contribution in [0, 0.1) is 0 Å². The van der Waals surface area contributed by atoms with Crippen molar-refractivity contribution in [3.05, 3.63) is 35.9 Å². The van der Waals surface area contributed by atoms with Gasteiger partial charge in [-0.25, -0.2) is 14.5 Å². The van der Waals surface area contributed by atoms with Gasteiger partial charge in [0.1, 0.15) is 11.2 Å². The van der Waals surface area contributed by atoms with Gasteiger partial charge in [-0.15, -0.1) is 0 Å². The van der Waals surface area contributed by atoms with E-state index in [0.717, 1.165) is 10.5 Å². The van der Waals surface area contributed by atoms with Gasteiger partial charge in [0.05, 0.1) is 6.04 Å². The summed E-state index contributed by atoms with van der Waals surface area (Å²) in [5, 5.41) is 0. The molecule has 0 N–H and O–H groups in total. The lowest BCUT2D eigenvalue weighted by molar-refractivity contribution is -0.00608. The van der Waals surface area contributed by atoms with Gasteiger partial charge in [-0.1, -0.05) is 30.3 Å². The SMILES string of the molecule is CC(c1ccccc1)N(C(=O)OC(C)(C)C)C(=O)OC(C)(C)C. The maximum atomic E-state index is 12.5. The first-order valence-corrected chi connectivity index (χ1v) is 7.71. The third-order valence-corrected chi connectivity index (χ3v) is 2.85. The summed E-state index contributed by atoms with van der Waals surface area (Å²) in [6.07, 6.45) is -1.44. The molecule has 1 aromatic carbocycles. The molecule has 0 aromatic heterocycles. The van der Waals surface area contributed by atoms with E-state index in [4.69, 9.17) is 9.47 Å². The zero-order chi connectivity index (χ0) is 17.8. The van der Waals surface area contributed by atoms with Crippen LogP contribution in [0.2, 0.25) is 0 Å². The molecular formula is C18H27NO4. The number of hydrogen-bond donors (Lipinski definition) is 0. The third kappa shape index (κ3) is 6.30. The molecular weight excluding hydrogens is 294 g/mol. The summed E-state index contributed by atoms with van der Waals surface area (Å²) in [6.45, 7) is 12.3. The molecule has 0 heterocycles. The lowest BCUT2D eigenvalue weighted by Crippen LogP contribution is -2.44. The van der Waals surface area contributed by atoms with Crippen LogP contribution in [-0.2, 0) is 9.47 Å². The Morgan fingerprint density at radius 2 is 1.26 bits per heavy atom. The molecule has 1 aromatic rings. The van der Waals surface area contributed by atoms with E-state index in [1.165, 1.54) is 0 Å². The highest BCUT2D eigenvalue weighted by Gasteiger charge is 2.35. The monoisotopic (exact) mass is 321 g/mol. The van der Waals surface area contributed by atoms with Gasteiger partial charge in [0.15, 0.2) is 0 Å².